The quantitative estimate of drug-likeness (QED) is 0.557. The SMILES string of the molecule is CN(Cc1ccc(F)cc1F)C(=O)C=O. The van der Waals surface area contributed by atoms with Crippen molar-refractivity contribution >= 4 is 12.2 Å². The summed E-state index contributed by atoms with van der Waals surface area (Å²) in [6.07, 6.45) is 0.140. The second kappa shape index (κ2) is 4.63. The molecule has 1 aromatic rings. The molecule has 0 N–H and O–H groups in total. The van der Waals surface area contributed by atoms with Crippen molar-refractivity contribution in [3.05, 3.63) is 35.4 Å². The molecule has 0 fully saturated rings. The highest BCUT2D eigenvalue weighted by Gasteiger charge is 2.10. The van der Waals surface area contributed by atoms with Crippen LogP contribution in [0.3, 0.4) is 0 Å². The lowest BCUT2D eigenvalue weighted by atomic mass is 10.2. The van der Waals surface area contributed by atoms with E-state index in [1.165, 1.54) is 13.1 Å². The van der Waals surface area contributed by atoms with Crippen molar-refractivity contribution in [3.63, 3.8) is 0 Å². The summed E-state index contributed by atoms with van der Waals surface area (Å²) in [6.45, 7) is -0.0658. The Labute approximate surface area is 85.3 Å². The van der Waals surface area contributed by atoms with Crippen LogP contribution < -0.4 is 0 Å². The Morgan fingerprint density at radius 3 is 2.67 bits per heavy atom. The van der Waals surface area contributed by atoms with Gasteiger partial charge in [0.1, 0.15) is 11.6 Å². The van der Waals surface area contributed by atoms with Gasteiger partial charge >= 0.3 is 0 Å². The zero-order chi connectivity index (χ0) is 11.4. The number of amides is 1. The van der Waals surface area contributed by atoms with E-state index in [2.05, 4.69) is 0 Å². The number of hydrogen-bond acceptors (Lipinski definition) is 2. The summed E-state index contributed by atoms with van der Waals surface area (Å²) in [7, 11) is 1.36. The van der Waals surface area contributed by atoms with Crippen molar-refractivity contribution in [2.75, 3.05) is 7.05 Å². The van der Waals surface area contributed by atoms with Crippen molar-refractivity contribution in [2.45, 2.75) is 6.54 Å². The highest BCUT2D eigenvalue weighted by Crippen LogP contribution is 2.11. The van der Waals surface area contributed by atoms with Gasteiger partial charge < -0.3 is 4.90 Å². The van der Waals surface area contributed by atoms with Gasteiger partial charge in [-0.3, -0.25) is 9.59 Å². The molecule has 1 aromatic carbocycles. The van der Waals surface area contributed by atoms with Crippen LogP contribution in [-0.2, 0) is 16.1 Å². The maximum atomic E-state index is 13.1. The number of hydrogen-bond donors (Lipinski definition) is 0. The Morgan fingerprint density at radius 1 is 1.47 bits per heavy atom. The van der Waals surface area contributed by atoms with E-state index in [1.54, 1.807) is 0 Å². The molecule has 80 valence electrons. The fraction of sp³-hybridized carbons (Fsp3) is 0.200. The molecule has 0 heterocycles. The molecule has 15 heavy (non-hydrogen) atoms. The molecule has 0 aliphatic carbocycles. The molecule has 0 bridgehead atoms. The minimum Gasteiger partial charge on any atom is -0.335 e. The highest BCUT2D eigenvalue weighted by atomic mass is 19.1. The molecule has 3 nitrogen and oxygen atoms in total. The molecule has 0 aliphatic heterocycles. The molecular weight excluding hydrogens is 204 g/mol. The van der Waals surface area contributed by atoms with Gasteiger partial charge in [0.05, 0.1) is 0 Å². The van der Waals surface area contributed by atoms with Gasteiger partial charge in [-0.25, -0.2) is 8.78 Å². The third kappa shape index (κ3) is 2.83. The van der Waals surface area contributed by atoms with Crippen molar-refractivity contribution in [1.82, 2.24) is 4.90 Å². The van der Waals surface area contributed by atoms with E-state index >= 15 is 0 Å². The fourth-order valence-corrected chi connectivity index (χ4v) is 1.07. The number of carbonyl (C=O) groups is 2. The van der Waals surface area contributed by atoms with E-state index in [0.717, 1.165) is 17.0 Å². The van der Waals surface area contributed by atoms with Crippen LogP contribution in [0.1, 0.15) is 5.56 Å². The standard InChI is InChI=1S/C10H9F2NO2/c1-13(10(15)6-14)5-7-2-3-8(11)4-9(7)12/h2-4,6H,5H2,1H3. The summed E-state index contributed by atoms with van der Waals surface area (Å²) in [5.74, 6) is -2.17. The average molecular weight is 213 g/mol. The molecule has 0 radical (unpaired) electrons. The zero-order valence-corrected chi connectivity index (χ0v) is 8.04. The van der Waals surface area contributed by atoms with Crippen LogP contribution in [-0.4, -0.2) is 24.1 Å². The van der Waals surface area contributed by atoms with Crippen molar-refractivity contribution in [1.29, 1.82) is 0 Å². The van der Waals surface area contributed by atoms with Crippen LogP contribution >= 0.6 is 0 Å². The number of aldehydes is 1. The van der Waals surface area contributed by atoms with Crippen molar-refractivity contribution in [3.8, 4) is 0 Å². The highest BCUT2D eigenvalue weighted by molar-refractivity contribution is 6.23. The number of likely N-dealkylation sites (N-methyl/N-ethyl adjacent to an activating group) is 1. The van der Waals surface area contributed by atoms with Crippen LogP contribution in [0.5, 0.6) is 0 Å². The second-order valence-corrected chi connectivity index (χ2v) is 3.05. The average Bonchev–Trinajstić information content (AvgIpc) is 2.20. The normalized spacial score (nSPS) is 9.80. The number of carbonyl (C=O) groups excluding carboxylic acids is 2. The minimum absolute atomic E-state index is 0.0658. The summed E-state index contributed by atoms with van der Waals surface area (Å²) < 4.78 is 25.6. The van der Waals surface area contributed by atoms with E-state index in [4.69, 9.17) is 0 Å². The lowest BCUT2D eigenvalue weighted by molar-refractivity contribution is -0.138. The van der Waals surface area contributed by atoms with Crippen LogP contribution in [0.25, 0.3) is 0 Å². The first-order valence-corrected chi connectivity index (χ1v) is 4.19. The Balaban J connectivity index is 2.81. The van der Waals surface area contributed by atoms with Crippen molar-refractivity contribution in [2.24, 2.45) is 0 Å². The fourth-order valence-electron chi connectivity index (χ4n) is 1.07. The Hall–Kier alpha value is -1.78. The summed E-state index contributed by atoms with van der Waals surface area (Å²) in [5, 5.41) is 0. The van der Waals surface area contributed by atoms with Gasteiger partial charge in [0, 0.05) is 25.2 Å². The first-order chi connectivity index (χ1) is 7.04. The van der Waals surface area contributed by atoms with E-state index in [-0.39, 0.29) is 18.4 Å². The largest absolute Gasteiger partial charge is 0.335 e. The molecule has 0 saturated heterocycles. The minimum atomic E-state index is -0.751. The predicted octanol–water partition coefficient (Wildman–Crippen LogP) is 1.12. The molecule has 0 spiro atoms. The van der Waals surface area contributed by atoms with E-state index in [9.17, 15) is 18.4 Å². The van der Waals surface area contributed by atoms with Gasteiger partial charge in [0.25, 0.3) is 5.91 Å². The summed E-state index contributed by atoms with van der Waals surface area (Å²) in [5.41, 5.74) is 0.161. The van der Waals surface area contributed by atoms with Gasteiger partial charge in [0.2, 0.25) is 6.29 Å². The monoisotopic (exact) mass is 213 g/mol. The lowest BCUT2D eigenvalue weighted by Gasteiger charge is -2.14. The van der Waals surface area contributed by atoms with Gasteiger partial charge in [-0.1, -0.05) is 6.07 Å². The van der Waals surface area contributed by atoms with Gasteiger partial charge in [-0.2, -0.15) is 0 Å². The van der Waals surface area contributed by atoms with E-state index < -0.39 is 17.5 Å². The van der Waals surface area contributed by atoms with Crippen LogP contribution in [0, 0.1) is 11.6 Å². The number of benzene rings is 1. The topological polar surface area (TPSA) is 37.4 Å². The summed E-state index contributed by atoms with van der Waals surface area (Å²) in [4.78, 5) is 22.0. The van der Waals surface area contributed by atoms with Gasteiger partial charge in [-0.05, 0) is 6.07 Å². The number of nitrogens with zero attached hydrogens (tertiary/aromatic N) is 1. The summed E-state index contributed by atoms with van der Waals surface area (Å²) >= 11 is 0. The van der Waals surface area contributed by atoms with E-state index in [1.807, 2.05) is 0 Å². The summed E-state index contributed by atoms with van der Waals surface area (Å²) in [6, 6.07) is 3.06. The molecule has 0 aliphatic rings. The Kier molecular flexibility index (Phi) is 3.49. The zero-order valence-electron chi connectivity index (χ0n) is 8.04. The molecule has 0 saturated carbocycles. The van der Waals surface area contributed by atoms with Gasteiger partial charge in [0.15, 0.2) is 0 Å². The molecule has 0 unspecified atom stereocenters. The molecular formula is C10H9F2NO2. The van der Waals surface area contributed by atoms with Crippen molar-refractivity contribution < 1.29 is 18.4 Å². The van der Waals surface area contributed by atoms with Crippen LogP contribution in [0.2, 0.25) is 0 Å². The maximum Gasteiger partial charge on any atom is 0.286 e. The maximum absolute atomic E-state index is 13.1. The smallest absolute Gasteiger partial charge is 0.286 e. The molecule has 5 heteroatoms. The lowest BCUT2D eigenvalue weighted by Crippen LogP contribution is -2.27. The first-order valence-electron chi connectivity index (χ1n) is 4.19. The number of rotatable bonds is 3. The van der Waals surface area contributed by atoms with Crippen LogP contribution in [0.4, 0.5) is 8.78 Å². The van der Waals surface area contributed by atoms with Gasteiger partial charge in [-0.15, -0.1) is 0 Å². The molecule has 0 aromatic heterocycles. The third-order valence-corrected chi connectivity index (χ3v) is 1.90. The third-order valence-electron chi connectivity index (χ3n) is 1.90. The Bertz CT molecular complexity index is 393. The molecule has 1 amide bonds. The first kappa shape index (κ1) is 11.3. The number of halogens is 2. The molecule has 0 atom stereocenters. The molecule has 1 rings (SSSR count). The predicted molar refractivity (Wildman–Crippen MR) is 48.9 cm³/mol. The van der Waals surface area contributed by atoms with E-state index in [0.29, 0.717) is 0 Å². The second-order valence-electron chi connectivity index (χ2n) is 3.05. The van der Waals surface area contributed by atoms with Crippen LogP contribution in [0.15, 0.2) is 18.2 Å². The Morgan fingerprint density at radius 2 is 2.13 bits per heavy atom.